The fourth-order valence-electron chi connectivity index (χ4n) is 4.19. The standard InChI is InChI=1S/C29H28ClN3O5S/c1-4-19-15-21(27(36)20-11-7-8-12-22(20)30)29(39-19)32(3)25(34)16-31-28(37)24-14-18-10-6-9-13-23(18)33(24)17-26(35)38-5-2/h6-15H,4-5,16-17H2,1-3H3,(H,31,37). The SMILES string of the molecule is CCOC(=O)Cn1c(C(=O)NCC(=O)N(C)c2sc(CC)cc2C(=O)c2ccccc2Cl)cc2ccccc21. The van der Waals surface area contributed by atoms with E-state index in [1.54, 1.807) is 54.9 Å². The molecule has 0 spiro atoms. The topological polar surface area (TPSA) is 97.7 Å². The van der Waals surface area contributed by atoms with E-state index in [4.69, 9.17) is 16.3 Å². The normalized spacial score (nSPS) is 10.9. The third-order valence-corrected chi connectivity index (χ3v) is 7.88. The van der Waals surface area contributed by atoms with Crippen molar-refractivity contribution in [2.45, 2.75) is 26.8 Å². The molecular formula is C29H28ClN3O5S. The van der Waals surface area contributed by atoms with Crippen molar-refractivity contribution in [1.82, 2.24) is 9.88 Å². The number of anilines is 1. The fraction of sp³-hybridized carbons (Fsp3) is 0.241. The summed E-state index contributed by atoms with van der Waals surface area (Å²) in [6, 6.07) is 17.5. The molecule has 0 saturated carbocycles. The Labute approximate surface area is 235 Å². The second-order valence-electron chi connectivity index (χ2n) is 8.71. The first kappa shape index (κ1) is 28.1. The summed E-state index contributed by atoms with van der Waals surface area (Å²) in [4.78, 5) is 54.2. The highest BCUT2D eigenvalue weighted by Crippen LogP contribution is 2.34. The molecule has 0 atom stereocenters. The smallest absolute Gasteiger partial charge is 0.325 e. The highest BCUT2D eigenvalue weighted by Gasteiger charge is 2.25. The van der Waals surface area contributed by atoms with Crippen molar-refractivity contribution in [1.29, 1.82) is 0 Å². The second-order valence-corrected chi connectivity index (χ2v) is 10.2. The second kappa shape index (κ2) is 12.3. The molecule has 10 heteroatoms. The minimum Gasteiger partial charge on any atom is -0.465 e. The van der Waals surface area contributed by atoms with E-state index in [9.17, 15) is 19.2 Å². The predicted octanol–water partition coefficient (Wildman–Crippen LogP) is 5.11. The highest BCUT2D eigenvalue weighted by atomic mass is 35.5. The van der Waals surface area contributed by atoms with Gasteiger partial charge in [0, 0.05) is 28.4 Å². The van der Waals surface area contributed by atoms with Crippen molar-refractivity contribution in [2.75, 3.05) is 25.1 Å². The van der Waals surface area contributed by atoms with Crippen LogP contribution in [0.25, 0.3) is 10.9 Å². The van der Waals surface area contributed by atoms with Crippen molar-refractivity contribution >= 4 is 62.4 Å². The van der Waals surface area contributed by atoms with E-state index < -0.39 is 17.8 Å². The Kier molecular flexibility index (Phi) is 8.83. The molecule has 0 aliphatic heterocycles. The fourth-order valence-corrected chi connectivity index (χ4v) is 5.48. The van der Waals surface area contributed by atoms with Crippen LogP contribution in [0.5, 0.6) is 0 Å². The molecule has 2 heterocycles. The van der Waals surface area contributed by atoms with Crippen LogP contribution in [0.15, 0.2) is 60.7 Å². The van der Waals surface area contributed by atoms with Crippen molar-refractivity contribution in [3.8, 4) is 0 Å². The zero-order valence-electron chi connectivity index (χ0n) is 21.8. The van der Waals surface area contributed by atoms with E-state index in [2.05, 4.69) is 5.32 Å². The van der Waals surface area contributed by atoms with Crippen LogP contribution >= 0.6 is 22.9 Å². The molecule has 4 aromatic rings. The molecule has 0 saturated heterocycles. The molecule has 1 N–H and O–H groups in total. The number of aromatic nitrogens is 1. The van der Waals surface area contributed by atoms with E-state index in [0.29, 0.717) is 33.1 Å². The van der Waals surface area contributed by atoms with Gasteiger partial charge in [-0.05, 0) is 43.7 Å². The number of rotatable bonds is 10. The Hall–Kier alpha value is -3.95. The molecule has 0 aliphatic rings. The van der Waals surface area contributed by atoms with Crippen molar-refractivity contribution in [2.24, 2.45) is 0 Å². The van der Waals surface area contributed by atoms with Crippen LogP contribution < -0.4 is 10.2 Å². The summed E-state index contributed by atoms with van der Waals surface area (Å²) >= 11 is 7.61. The van der Waals surface area contributed by atoms with Crippen LogP contribution in [-0.4, -0.2) is 48.3 Å². The maximum absolute atomic E-state index is 13.3. The molecule has 8 nitrogen and oxygen atoms in total. The van der Waals surface area contributed by atoms with Gasteiger partial charge in [-0.2, -0.15) is 0 Å². The molecule has 0 aliphatic carbocycles. The van der Waals surface area contributed by atoms with E-state index in [-0.39, 0.29) is 31.2 Å². The first-order chi connectivity index (χ1) is 18.7. The maximum atomic E-state index is 13.3. The molecule has 0 fully saturated rings. The zero-order chi connectivity index (χ0) is 28.1. The van der Waals surface area contributed by atoms with E-state index in [1.165, 1.54) is 16.2 Å². The molecule has 2 aromatic carbocycles. The van der Waals surface area contributed by atoms with Crippen molar-refractivity contribution < 1.29 is 23.9 Å². The number of carbonyl (C=O) groups excluding carboxylic acids is 4. The third kappa shape index (κ3) is 6.05. The lowest BCUT2D eigenvalue weighted by Gasteiger charge is -2.18. The summed E-state index contributed by atoms with van der Waals surface area (Å²) in [6.45, 7) is 3.46. The molecule has 39 heavy (non-hydrogen) atoms. The summed E-state index contributed by atoms with van der Waals surface area (Å²) in [5.74, 6) is -1.67. The molecule has 0 bridgehead atoms. The number of halogens is 1. The van der Waals surface area contributed by atoms with Crippen LogP contribution in [0.1, 0.15) is 45.1 Å². The van der Waals surface area contributed by atoms with Crippen LogP contribution in [0.2, 0.25) is 5.02 Å². The number of hydrogen-bond donors (Lipinski definition) is 1. The number of thiophene rings is 1. The first-order valence-electron chi connectivity index (χ1n) is 12.5. The summed E-state index contributed by atoms with van der Waals surface area (Å²) < 4.78 is 6.65. The highest BCUT2D eigenvalue weighted by molar-refractivity contribution is 7.16. The van der Waals surface area contributed by atoms with Crippen LogP contribution in [0, 0.1) is 0 Å². The number of carbonyl (C=O) groups is 4. The number of nitrogens with one attached hydrogen (secondary N) is 1. The van der Waals surface area contributed by atoms with Gasteiger partial charge in [0.2, 0.25) is 5.91 Å². The number of fused-ring (bicyclic) bond motifs is 1. The lowest BCUT2D eigenvalue weighted by atomic mass is 10.0. The van der Waals surface area contributed by atoms with Gasteiger partial charge in [0.1, 0.15) is 17.2 Å². The minimum absolute atomic E-state index is 0.138. The molecule has 202 valence electrons. The number of benzene rings is 2. The monoisotopic (exact) mass is 565 g/mol. The number of amides is 2. The lowest BCUT2D eigenvalue weighted by molar-refractivity contribution is -0.143. The van der Waals surface area contributed by atoms with Gasteiger partial charge >= 0.3 is 5.97 Å². The lowest BCUT2D eigenvalue weighted by Crippen LogP contribution is -2.39. The number of hydrogen-bond acceptors (Lipinski definition) is 6. The number of likely N-dealkylation sites (N-methyl/N-ethyl adjacent to an activating group) is 1. The quantitative estimate of drug-likeness (QED) is 0.213. The zero-order valence-corrected chi connectivity index (χ0v) is 23.4. The Morgan fingerprint density at radius 3 is 2.44 bits per heavy atom. The Morgan fingerprint density at radius 1 is 1.00 bits per heavy atom. The van der Waals surface area contributed by atoms with Crippen LogP contribution in [0.4, 0.5) is 5.00 Å². The number of para-hydroxylation sites is 1. The predicted molar refractivity (Wildman–Crippen MR) is 153 cm³/mol. The summed E-state index contributed by atoms with van der Waals surface area (Å²) in [5.41, 5.74) is 1.66. The van der Waals surface area contributed by atoms with E-state index in [1.807, 2.05) is 31.2 Å². The average Bonchev–Trinajstić information content (AvgIpc) is 3.53. The number of nitrogens with zero attached hydrogens (tertiary/aromatic N) is 2. The minimum atomic E-state index is -0.509. The largest absolute Gasteiger partial charge is 0.465 e. The molecule has 0 unspecified atom stereocenters. The maximum Gasteiger partial charge on any atom is 0.325 e. The van der Waals surface area contributed by atoms with Gasteiger partial charge < -0.3 is 19.5 Å². The first-order valence-corrected chi connectivity index (χ1v) is 13.6. The Morgan fingerprint density at radius 2 is 1.72 bits per heavy atom. The van der Waals surface area contributed by atoms with Crippen molar-refractivity contribution in [3.05, 3.63) is 87.4 Å². The number of aryl methyl sites for hydroxylation is 1. The number of ether oxygens (including phenoxy) is 1. The van der Waals surface area contributed by atoms with Crippen molar-refractivity contribution in [3.63, 3.8) is 0 Å². The van der Waals surface area contributed by atoms with E-state index >= 15 is 0 Å². The summed E-state index contributed by atoms with van der Waals surface area (Å²) in [5, 5.41) is 4.25. The van der Waals surface area contributed by atoms with Gasteiger partial charge in [-0.15, -0.1) is 11.3 Å². The number of ketones is 1. The van der Waals surface area contributed by atoms with Gasteiger partial charge in [0.25, 0.3) is 5.91 Å². The average molecular weight is 566 g/mol. The van der Waals surface area contributed by atoms with E-state index in [0.717, 1.165) is 10.3 Å². The molecular weight excluding hydrogens is 538 g/mol. The molecule has 0 radical (unpaired) electrons. The van der Waals surface area contributed by atoms with Gasteiger partial charge in [-0.1, -0.05) is 48.9 Å². The molecule has 4 rings (SSSR count). The van der Waals surface area contributed by atoms with Crippen LogP contribution in [0.3, 0.4) is 0 Å². The van der Waals surface area contributed by atoms with Gasteiger partial charge in [0.05, 0.1) is 23.7 Å². The summed E-state index contributed by atoms with van der Waals surface area (Å²) in [7, 11) is 1.57. The number of esters is 1. The third-order valence-electron chi connectivity index (χ3n) is 6.19. The van der Waals surface area contributed by atoms with Gasteiger partial charge in [-0.25, -0.2) is 0 Å². The molecule has 2 amide bonds. The Bertz CT molecular complexity index is 1560. The van der Waals surface area contributed by atoms with Crippen LogP contribution in [-0.2, 0) is 27.3 Å². The molecule has 2 aromatic heterocycles. The van der Waals surface area contributed by atoms with Gasteiger partial charge in [0.15, 0.2) is 5.78 Å². The summed E-state index contributed by atoms with van der Waals surface area (Å²) in [6.07, 6.45) is 0.692. The Balaban J connectivity index is 1.54. The van der Waals surface area contributed by atoms with Gasteiger partial charge in [-0.3, -0.25) is 19.2 Å².